The van der Waals surface area contributed by atoms with Crippen LogP contribution in [0, 0.1) is 11.8 Å². The maximum atomic E-state index is 12.9. The molecule has 0 amide bonds. The van der Waals surface area contributed by atoms with E-state index in [1.807, 2.05) is 6.07 Å². The van der Waals surface area contributed by atoms with Gasteiger partial charge >= 0.3 is 0 Å². The fraction of sp³-hybridized carbons (Fsp3) is 0.667. The molecule has 4 atom stereocenters. The molecule has 138 valence electrons. The monoisotopic (exact) mass is 417 g/mol. The van der Waals surface area contributed by atoms with Crippen LogP contribution in [-0.4, -0.2) is 43.0 Å². The minimum atomic E-state index is -0.302. The van der Waals surface area contributed by atoms with Gasteiger partial charge in [-0.3, -0.25) is 9.69 Å². The van der Waals surface area contributed by atoms with Crippen LogP contribution < -0.4 is 9.47 Å². The Kier molecular flexibility index (Phi) is 3.22. The van der Waals surface area contributed by atoms with Crippen LogP contribution in [0.5, 0.6) is 11.5 Å². The number of ketones is 1. The Labute approximate surface area is 162 Å². The van der Waals surface area contributed by atoms with E-state index in [0.717, 1.165) is 47.7 Å². The van der Waals surface area contributed by atoms with Gasteiger partial charge in [-0.05, 0) is 62.1 Å². The summed E-state index contributed by atoms with van der Waals surface area (Å²) >= 11 is 3.81. The average molecular weight is 418 g/mol. The van der Waals surface area contributed by atoms with E-state index in [-0.39, 0.29) is 17.3 Å². The number of methoxy groups -OCH3 is 1. The highest BCUT2D eigenvalue weighted by molar-refractivity contribution is 9.10. The summed E-state index contributed by atoms with van der Waals surface area (Å²) in [5, 5.41) is 0. The van der Waals surface area contributed by atoms with Crippen molar-refractivity contribution in [1.82, 2.24) is 4.90 Å². The lowest BCUT2D eigenvalue weighted by molar-refractivity contribution is -0.138. The van der Waals surface area contributed by atoms with Gasteiger partial charge in [0.05, 0.1) is 7.11 Å². The van der Waals surface area contributed by atoms with E-state index in [1.165, 1.54) is 30.5 Å². The molecule has 2 bridgehead atoms. The molecule has 1 aromatic rings. The number of likely N-dealkylation sites (tertiary alicyclic amines) is 1. The lowest BCUT2D eigenvalue weighted by Gasteiger charge is -2.58. The van der Waals surface area contributed by atoms with Gasteiger partial charge in [0.25, 0.3) is 0 Å². The van der Waals surface area contributed by atoms with Gasteiger partial charge in [-0.15, -0.1) is 0 Å². The van der Waals surface area contributed by atoms with Crippen LogP contribution in [0.15, 0.2) is 10.5 Å². The maximum Gasteiger partial charge on any atom is 0.174 e. The summed E-state index contributed by atoms with van der Waals surface area (Å²) in [5.74, 6) is 3.35. The Balaban J connectivity index is 1.56. The van der Waals surface area contributed by atoms with Crippen molar-refractivity contribution in [2.45, 2.75) is 56.1 Å². The van der Waals surface area contributed by atoms with Crippen molar-refractivity contribution >= 4 is 21.7 Å². The molecule has 0 aromatic heterocycles. The van der Waals surface area contributed by atoms with Gasteiger partial charge in [0.1, 0.15) is 0 Å². The minimum absolute atomic E-state index is 0.125. The second-order valence-corrected chi connectivity index (χ2v) is 9.71. The minimum Gasteiger partial charge on any atom is -0.493 e. The first-order valence-corrected chi connectivity index (χ1v) is 10.8. The molecular formula is C21H24BrNO3. The molecule has 5 heteroatoms. The van der Waals surface area contributed by atoms with Gasteiger partial charge < -0.3 is 9.47 Å². The third-order valence-corrected chi connectivity index (χ3v) is 8.40. The Morgan fingerprint density at radius 1 is 1.38 bits per heavy atom. The van der Waals surface area contributed by atoms with Crippen molar-refractivity contribution in [2.75, 3.05) is 20.2 Å². The molecule has 2 aliphatic heterocycles. The lowest BCUT2D eigenvalue weighted by Crippen LogP contribution is -2.66. The van der Waals surface area contributed by atoms with E-state index in [2.05, 4.69) is 20.8 Å². The fourth-order valence-corrected chi connectivity index (χ4v) is 7.01. The Hall–Kier alpha value is -1.07. The zero-order chi connectivity index (χ0) is 17.6. The molecule has 3 fully saturated rings. The number of hydrogen-bond acceptors (Lipinski definition) is 4. The SMILES string of the molecule is COc1cc(Br)c2c3c1OC1C(=O)CCC4C(C2)N(CC2CC2)CC[C@@]314. The molecule has 3 unspecified atom stereocenters. The first-order valence-electron chi connectivity index (χ1n) is 9.96. The number of rotatable bonds is 3. The zero-order valence-corrected chi connectivity index (χ0v) is 16.7. The van der Waals surface area contributed by atoms with Crippen LogP contribution >= 0.6 is 15.9 Å². The smallest absolute Gasteiger partial charge is 0.174 e. The van der Waals surface area contributed by atoms with E-state index < -0.39 is 0 Å². The zero-order valence-electron chi connectivity index (χ0n) is 15.1. The summed E-state index contributed by atoms with van der Waals surface area (Å²) in [6, 6.07) is 2.58. The maximum absolute atomic E-state index is 12.9. The summed E-state index contributed by atoms with van der Waals surface area (Å²) in [7, 11) is 1.69. The van der Waals surface area contributed by atoms with Crippen LogP contribution in [0.25, 0.3) is 0 Å². The van der Waals surface area contributed by atoms with Crippen LogP contribution in [0.4, 0.5) is 0 Å². The van der Waals surface area contributed by atoms with E-state index in [0.29, 0.717) is 18.4 Å². The molecule has 2 heterocycles. The number of hydrogen-bond donors (Lipinski definition) is 0. The lowest BCUT2D eigenvalue weighted by atomic mass is 9.51. The van der Waals surface area contributed by atoms with E-state index in [1.54, 1.807) is 7.11 Å². The second-order valence-electron chi connectivity index (χ2n) is 8.85. The van der Waals surface area contributed by atoms with Crippen molar-refractivity contribution in [3.8, 4) is 11.5 Å². The standard InChI is InChI=1S/C21H24BrNO3/c1-25-17-9-14(22)12-8-15-13-4-5-16(24)20-21(13,18(12)19(17)26-20)6-7-23(15)10-11-2-3-11/h9,11,13,15,20H,2-8,10H2,1H3/t13?,15?,20?,21-/m1/s1. The third-order valence-electron chi connectivity index (χ3n) is 7.69. The van der Waals surface area contributed by atoms with Crippen LogP contribution in [-0.2, 0) is 16.6 Å². The molecule has 1 saturated heterocycles. The van der Waals surface area contributed by atoms with Crippen molar-refractivity contribution in [3.05, 3.63) is 21.7 Å². The van der Waals surface area contributed by atoms with Crippen molar-refractivity contribution in [2.24, 2.45) is 11.8 Å². The van der Waals surface area contributed by atoms with Crippen LogP contribution in [0.3, 0.4) is 0 Å². The summed E-state index contributed by atoms with van der Waals surface area (Å²) in [6.07, 6.45) is 6.27. The molecule has 1 aromatic carbocycles. The summed E-state index contributed by atoms with van der Waals surface area (Å²) in [6.45, 7) is 2.34. The summed E-state index contributed by atoms with van der Waals surface area (Å²) in [4.78, 5) is 15.6. The number of carbonyl (C=O) groups is 1. The van der Waals surface area contributed by atoms with Gasteiger partial charge in [-0.1, -0.05) is 15.9 Å². The van der Waals surface area contributed by atoms with Crippen molar-refractivity contribution in [1.29, 1.82) is 0 Å². The number of piperidine rings is 1. The molecule has 0 N–H and O–H groups in total. The Bertz CT molecular complexity index is 820. The first kappa shape index (κ1) is 15.9. The number of halogens is 1. The van der Waals surface area contributed by atoms with Crippen molar-refractivity contribution < 1.29 is 14.3 Å². The second kappa shape index (κ2) is 5.26. The molecule has 2 saturated carbocycles. The third kappa shape index (κ3) is 1.86. The molecule has 4 nitrogen and oxygen atoms in total. The highest BCUT2D eigenvalue weighted by atomic mass is 79.9. The summed E-state index contributed by atoms with van der Waals surface area (Å²) < 4.78 is 13.1. The van der Waals surface area contributed by atoms with Crippen LogP contribution in [0.2, 0.25) is 0 Å². The molecule has 1 spiro atoms. The Morgan fingerprint density at radius 3 is 3.00 bits per heavy atom. The molecule has 6 rings (SSSR count). The number of benzene rings is 1. The van der Waals surface area contributed by atoms with Crippen molar-refractivity contribution in [3.63, 3.8) is 0 Å². The molecule has 3 aliphatic carbocycles. The van der Waals surface area contributed by atoms with E-state index in [4.69, 9.17) is 9.47 Å². The van der Waals surface area contributed by atoms with Gasteiger partial charge in [0, 0.05) is 34.5 Å². The topological polar surface area (TPSA) is 38.8 Å². The largest absolute Gasteiger partial charge is 0.493 e. The van der Waals surface area contributed by atoms with E-state index in [9.17, 15) is 4.79 Å². The number of ether oxygens (including phenoxy) is 2. The highest BCUT2D eigenvalue weighted by Gasteiger charge is 2.66. The highest BCUT2D eigenvalue weighted by Crippen LogP contribution is 2.64. The molecular weight excluding hydrogens is 394 g/mol. The first-order chi connectivity index (χ1) is 12.6. The summed E-state index contributed by atoms with van der Waals surface area (Å²) in [5.41, 5.74) is 2.54. The van der Waals surface area contributed by atoms with Crippen LogP contribution in [0.1, 0.15) is 43.2 Å². The Morgan fingerprint density at radius 2 is 2.23 bits per heavy atom. The molecule has 26 heavy (non-hydrogen) atoms. The number of carbonyl (C=O) groups excluding carboxylic acids is 1. The van der Waals surface area contributed by atoms with Gasteiger partial charge in [0.15, 0.2) is 23.4 Å². The van der Waals surface area contributed by atoms with E-state index >= 15 is 0 Å². The quantitative estimate of drug-likeness (QED) is 0.754. The fourth-order valence-electron chi connectivity index (χ4n) is 6.45. The normalized spacial score (nSPS) is 37.3. The number of Topliss-reactive ketones (excluding diaryl/α,β-unsaturated/α-hetero) is 1. The average Bonchev–Trinajstić information content (AvgIpc) is 3.38. The predicted octanol–water partition coefficient (Wildman–Crippen LogP) is 3.48. The molecule has 5 aliphatic rings. The number of nitrogens with zero attached hydrogens (tertiary/aromatic N) is 1. The van der Waals surface area contributed by atoms with Gasteiger partial charge in [-0.25, -0.2) is 0 Å². The van der Waals surface area contributed by atoms with Gasteiger partial charge in [-0.2, -0.15) is 0 Å². The molecule has 0 radical (unpaired) electrons. The van der Waals surface area contributed by atoms with Gasteiger partial charge in [0.2, 0.25) is 0 Å². The predicted molar refractivity (Wildman–Crippen MR) is 101 cm³/mol.